The second-order valence-corrected chi connectivity index (χ2v) is 7.22. The molecule has 1 aromatic rings. The maximum Gasteiger partial charge on any atom is 0.243 e. The first-order chi connectivity index (χ1) is 9.90. The van der Waals surface area contributed by atoms with Crippen LogP contribution in [-0.2, 0) is 10.0 Å². The zero-order chi connectivity index (χ0) is 15.6. The predicted octanol–water partition coefficient (Wildman–Crippen LogP) is 2.50. The molecule has 2 unspecified atom stereocenters. The summed E-state index contributed by atoms with van der Waals surface area (Å²) in [4.78, 5) is 0.277. The summed E-state index contributed by atoms with van der Waals surface area (Å²) in [6, 6.07) is 8.80. The normalized spacial score (nSPS) is 22.7. The van der Waals surface area contributed by atoms with Crippen LogP contribution in [0.4, 0.5) is 0 Å². The highest BCUT2D eigenvalue weighted by molar-refractivity contribution is 7.89. The minimum absolute atomic E-state index is 0.0719. The van der Waals surface area contributed by atoms with Gasteiger partial charge in [-0.15, -0.1) is 6.58 Å². The van der Waals surface area contributed by atoms with Crippen LogP contribution in [-0.4, -0.2) is 25.8 Å². The van der Waals surface area contributed by atoms with Gasteiger partial charge in [0.2, 0.25) is 10.0 Å². The van der Waals surface area contributed by atoms with Gasteiger partial charge in [0.15, 0.2) is 0 Å². The van der Waals surface area contributed by atoms with Crippen LogP contribution in [0.5, 0.6) is 0 Å². The predicted molar refractivity (Wildman–Crippen MR) is 81.9 cm³/mol. The fourth-order valence-corrected chi connectivity index (χ4v) is 4.04. The van der Waals surface area contributed by atoms with Crippen molar-refractivity contribution in [2.45, 2.75) is 11.8 Å². The number of hydrogen-bond acceptors (Lipinski definition) is 3. The summed E-state index contributed by atoms with van der Waals surface area (Å²) in [5.74, 6) is -0.259. The van der Waals surface area contributed by atoms with Crippen LogP contribution in [0, 0.1) is 30.1 Å². The lowest BCUT2D eigenvalue weighted by Crippen LogP contribution is -2.29. The van der Waals surface area contributed by atoms with Crippen LogP contribution < -0.4 is 0 Å². The molecule has 1 aliphatic heterocycles. The smallest absolute Gasteiger partial charge is 0.207 e. The second-order valence-electron chi connectivity index (χ2n) is 5.28. The number of nitrogens with zero attached hydrogens (tertiary/aromatic N) is 2. The Balaban J connectivity index is 2.30. The Hall–Kier alpha value is -1.90. The third-order valence-electron chi connectivity index (χ3n) is 3.88. The van der Waals surface area contributed by atoms with E-state index in [1.165, 1.54) is 4.31 Å². The van der Waals surface area contributed by atoms with Gasteiger partial charge in [0.25, 0.3) is 0 Å². The molecule has 2 atom stereocenters. The Morgan fingerprint density at radius 2 is 2.00 bits per heavy atom. The zero-order valence-electron chi connectivity index (χ0n) is 12.0. The van der Waals surface area contributed by atoms with E-state index in [-0.39, 0.29) is 23.3 Å². The average molecular weight is 302 g/mol. The zero-order valence-corrected chi connectivity index (χ0v) is 12.8. The van der Waals surface area contributed by atoms with Gasteiger partial charge in [-0.25, -0.2) is 8.42 Å². The first kappa shape index (κ1) is 15.5. The summed E-state index contributed by atoms with van der Waals surface area (Å²) < 4.78 is 26.7. The monoisotopic (exact) mass is 302 g/mol. The maximum atomic E-state index is 12.6. The summed E-state index contributed by atoms with van der Waals surface area (Å²) in [6.07, 6.45) is 1.71. The fraction of sp³-hybridized carbons (Fsp3) is 0.312. The molecule has 0 amide bonds. The lowest BCUT2D eigenvalue weighted by atomic mass is 9.90. The number of aryl methyl sites for hydroxylation is 1. The van der Waals surface area contributed by atoms with Crippen molar-refractivity contribution < 1.29 is 8.42 Å². The van der Waals surface area contributed by atoms with Crippen molar-refractivity contribution in [1.82, 2.24) is 4.31 Å². The summed E-state index contributed by atoms with van der Waals surface area (Å²) in [5.41, 5.74) is 1.41. The molecule has 1 aliphatic rings. The van der Waals surface area contributed by atoms with E-state index in [9.17, 15) is 8.42 Å². The number of hydrogen-bond donors (Lipinski definition) is 0. The van der Waals surface area contributed by atoms with Gasteiger partial charge >= 0.3 is 0 Å². The first-order valence-corrected chi connectivity index (χ1v) is 8.12. The van der Waals surface area contributed by atoms with E-state index in [2.05, 4.69) is 13.2 Å². The third-order valence-corrected chi connectivity index (χ3v) is 5.73. The van der Waals surface area contributed by atoms with Crippen LogP contribution in [0.3, 0.4) is 0 Å². The van der Waals surface area contributed by atoms with E-state index < -0.39 is 10.0 Å². The minimum Gasteiger partial charge on any atom is -0.207 e. The Morgan fingerprint density at radius 3 is 2.52 bits per heavy atom. The molecule has 1 aromatic carbocycles. The Kier molecular flexibility index (Phi) is 4.31. The molecule has 0 aromatic heterocycles. The molecule has 5 heteroatoms. The molecule has 0 saturated carbocycles. The SMILES string of the molecule is C=CC1CN(S(=O)(=O)c2ccc(C)cc2)CC1C(=C)C#N. The van der Waals surface area contributed by atoms with Crippen LogP contribution in [0.2, 0.25) is 0 Å². The molecule has 21 heavy (non-hydrogen) atoms. The van der Waals surface area contributed by atoms with Crippen LogP contribution >= 0.6 is 0 Å². The molecule has 0 radical (unpaired) electrons. The van der Waals surface area contributed by atoms with Gasteiger partial charge in [-0.05, 0) is 25.0 Å². The Morgan fingerprint density at radius 1 is 1.38 bits per heavy atom. The van der Waals surface area contributed by atoms with Gasteiger partial charge < -0.3 is 0 Å². The van der Waals surface area contributed by atoms with Crippen LogP contribution in [0.1, 0.15) is 5.56 Å². The van der Waals surface area contributed by atoms with Gasteiger partial charge in [0.05, 0.1) is 11.0 Å². The molecule has 2 rings (SSSR count). The van der Waals surface area contributed by atoms with Gasteiger partial charge in [-0.3, -0.25) is 0 Å². The van der Waals surface area contributed by atoms with E-state index >= 15 is 0 Å². The van der Waals surface area contributed by atoms with Gasteiger partial charge in [0.1, 0.15) is 0 Å². The van der Waals surface area contributed by atoms with Crippen molar-refractivity contribution in [3.8, 4) is 6.07 Å². The topological polar surface area (TPSA) is 61.2 Å². The molecule has 1 saturated heterocycles. The molecule has 0 bridgehead atoms. The van der Waals surface area contributed by atoms with Gasteiger partial charge in [0, 0.05) is 24.6 Å². The fourth-order valence-electron chi connectivity index (χ4n) is 2.54. The molecule has 110 valence electrons. The van der Waals surface area contributed by atoms with Crippen molar-refractivity contribution in [2.75, 3.05) is 13.1 Å². The highest BCUT2D eigenvalue weighted by atomic mass is 32.2. The molecule has 0 aliphatic carbocycles. The van der Waals surface area contributed by atoms with Crippen molar-refractivity contribution in [3.63, 3.8) is 0 Å². The van der Waals surface area contributed by atoms with E-state index in [1.54, 1.807) is 30.3 Å². The molecular weight excluding hydrogens is 284 g/mol. The lowest BCUT2D eigenvalue weighted by Gasteiger charge is -2.16. The first-order valence-electron chi connectivity index (χ1n) is 6.68. The highest BCUT2D eigenvalue weighted by Gasteiger charge is 2.39. The number of sulfonamides is 1. The quantitative estimate of drug-likeness (QED) is 0.634. The number of nitriles is 1. The summed E-state index contributed by atoms with van der Waals surface area (Å²) in [5, 5.41) is 8.99. The molecule has 4 nitrogen and oxygen atoms in total. The standard InChI is InChI=1S/C16H18N2O2S/c1-4-14-10-18(11-16(14)13(3)9-17)21(19,20)15-7-5-12(2)6-8-15/h4-8,14,16H,1,3,10-11H2,2H3. The van der Waals surface area contributed by atoms with Gasteiger partial charge in [-0.2, -0.15) is 9.57 Å². The molecule has 0 spiro atoms. The third kappa shape index (κ3) is 2.92. The Labute approximate surface area is 126 Å². The van der Waals surface area contributed by atoms with E-state index in [4.69, 9.17) is 5.26 Å². The van der Waals surface area contributed by atoms with Crippen molar-refractivity contribution in [2.24, 2.45) is 11.8 Å². The molecular formula is C16H18N2O2S. The minimum atomic E-state index is -3.54. The molecule has 0 N–H and O–H groups in total. The maximum absolute atomic E-state index is 12.6. The van der Waals surface area contributed by atoms with Crippen molar-refractivity contribution in [1.29, 1.82) is 5.26 Å². The van der Waals surface area contributed by atoms with Crippen molar-refractivity contribution >= 4 is 10.0 Å². The summed E-state index contributed by atoms with van der Waals surface area (Å²) in [7, 11) is -3.54. The second kappa shape index (κ2) is 5.84. The Bertz CT molecular complexity index is 699. The highest BCUT2D eigenvalue weighted by Crippen LogP contribution is 2.33. The van der Waals surface area contributed by atoms with Gasteiger partial charge in [-0.1, -0.05) is 30.4 Å². The van der Waals surface area contributed by atoms with Crippen LogP contribution in [0.15, 0.2) is 54.0 Å². The lowest BCUT2D eigenvalue weighted by molar-refractivity contribution is 0.467. The van der Waals surface area contributed by atoms with Crippen LogP contribution in [0.25, 0.3) is 0 Å². The van der Waals surface area contributed by atoms with Crippen molar-refractivity contribution in [3.05, 3.63) is 54.6 Å². The molecule has 1 fully saturated rings. The number of benzene rings is 1. The van der Waals surface area contributed by atoms with E-state index in [0.29, 0.717) is 12.1 Å². The molecule has 1 heterocycles. The largest absolute Gasteiger partial charge is 0.243 e. The summed E-state index contributed by atoms with van der Waals surface area (Å²) in [6.45, 7) is 9.99. The average Bonchev–Trinajstić information content (AvgIpc) is 2.92. The van der Waals surface area contributed by atoms with E-state index in [1.807, 2.05) is 13.0 Å². The number of rotatable bonds is 4. The van der Waals surface area contributed by atoms with E-state index in [0.717, 1.165) is 5.56 Å². The summed E-state index contributed by atoms with van der Waals surface area (Å²) >= 11 is 0.